The van der Waals surface area contributed by atoms with E-state index in [9.17, 15) is 0 Å². The second kappa shape index (κ2) is 10.6. The molecule has 2 atom stereocenters. The molecule has 0 bridgehead atoms. The van der Waals surface area contributed by atoms with Crippen LogP contribution in [0.2, 0.25) is 0 Å². The average molecular weight is 283 g/mol. The lowest BCUT2D eigenvalue weighted by Gasteiger charge is -2.42. The molecule has 0 spiro atoms. The van der Waals surface area contributed by atoms with Crippen molar-refractivity contribution in [1.82, 2.24) is 10.2 Å². The molecule has 0 aromatic heterocycles. The Bertz CT molecular complexity index is 227. The summed E-state index contributed by atoms with van der Waals surface area (Å²) in [5, 5.41) is 3.76. The van der Waals surface area contributed by atoms with Crippen LogP contribution in [-0.2, 0) is 0 Å². The molecule has 2 nitrogen and oxygen atoms in total. The summed E-state index contributed by atoms with van der Waals surface area (Å²) in [6.45, 7) is 13.1. The van der Waals surface area contributed by atoms with Gasteiger partial charge in [0, 0.05) is 25.2 Å². The van der Waals surface area contributed by atoms with Gasteiger partial charge in [0.15, 0.2) is 0 Å². The number of hydrogen-bond acceptors (Lipinski definition) is 2. The highest BCUT2D eigenvalue weighted by atomic mass is 15.2. The Morgan fingerprint density at radius 2 is 1.70 bits per heavy atom. The summed E-state index contributed by atoms with van der Waals surface area (Å²) in [7, 11) is 0. The fourth-order valence-electron chi connectivity index (χ4n) is 3.32. The molecular formula is C18H38N2. The van der Waals surface area contributed by atoms with Gasteiger partial charge >= 0.3 is 0 Å². The van der Waals surface area contributed by atoms with Gasteiger partial charge in [-0.2, -0.15) is 0 Å². The molecule has 1 N–H and O–H groups in total. The zero-order valence-electron chi connectivity index (χ0n) is 14.5. The largest absolute Gasteiger partial charge is 0.311 e. The van der Waals surface area contributed by atoms with E-state index in [1.165, 1.54) is 71.0 Å². The molecule has 0 amide bonds. The SMILES string of the molecule is CCCCCCCCN1CC(C(C)C)NCC1CCC. The molecule has 0 radical (unpaired) electrons. The number of piperazine rings is 1. The van der Waals surface area contributed by atoms with Crippen molar-refractivity contribution in [2.75, 3.05) is 19.6 Å². The smallest absolute Gasteiger partial charge is 0.0221 e. The molecule has 0 aromatic rings. The van der Waals surface area contributed by atoms with Crippen LogP contribution in [0.4, 0.5) is 0 Å². The molecule has 0 aliphatic carbocycles. The first-order valence-corrected chi connectivity index (χ1v) is 9.16. The second-order valence-corrected chi connectivity index (χ2v) is 6.96. The number of unbranched alkanes of at least 4 members (excludes halogenated alkanes) is 5. The Morgan fingerprint density at radius 1 is 1.00 bits per heavy atom. The predicted octanol–water partition coefficient (Wildman–Crippen LogP) is 4.45. The molecule has 0 aromatic carbocycles. The van der Waals surface area contributed by atoms with Crippen LogP contribution < -0.4 is 5.32 Å². The molecule has 2 unspecified atom stereocenters. The fraction of sp³-hybridized carbons (Fsp3) is 1.00. The standard InChI is InChI=1S/C18H38N2/c1-5-7-8-9-10-11-13-20-15-18(16(3)4)19-14-17(20)12-6-2/h16-19H,5-15H2,1-4H3. The van der Waals surface area contributed by atoms with Crippen molar-refractivity contribution in [3.63, 3.8) is 0 Å². The van der Waals surface area contributed by atoms with Crippen LogP contribution >= 0.6 is 0 Å². The Morgan fingerprint density at radius 3 is 2.35 bits per heavy atom. The van der Waals surface area contributed by atoms with E-state index in [1.54, 1.807) is 0 Å². The number of hydrogen-bond donors (Lipinski definition) is 1. The van der Waals surface area contributed by atoms with E-state index >= 15 is 0 Å². The quantitative estimate of drug-likeness (QED) is 0.596. The average Bonchev–Trinajstić information content (AvgIpc) is 2.44. The molecule has 2 heteroatoms. The van der Waals surface area contributed by atoms with Crippen molar-refractivity contribution in [1.29, 1.82) is 0 Å². The Hall–Kier alpha value is -0.0800. The molecule has 20 heavy (non-hydrogen) atoms. The van der Waals surface area contributed by atoms with Crippen LogP contribution in [-0.4, -0.2) is 36.6 Å². The fourth-order valence-corrected chi connectivity index (χ4v) is 3.32. The lowest BCUT2D eigenvalue weighted by Crippen LogP contribution is -2.58. The summed E-state index contributed by atoms with van der Waals surface area (Å²) >= 11 is 0. The zero-order chi connectivity index (χ0) is 14.8. The highest BCUT2D eigenvalue weighted by Crippen LogP contribution is 2.17. The van der Waals surface area contributed by atoms with Crippen molar-refractivity contribution in [2.45, 2.75) is 91.1 Å². The third-order valence-electron chi connectivity index (χ3n) is 4.79. The number of nitrogens with one attached hydrogen (secondary N) is 1. The van der Waals surface area contributed by atoms with Crippen LogP contribution in [0.25, 0.3) is 0 Å². The first-order chi connectivity index (χ1) is 9.69. The highest BCUT2D eigenvalue weighted by molar-refractivity contribution is 4.87. The minimum absolute atomic E-state index is 0.697. The normalized spacial score (nSPS) is 24.4. The van der Waals surface area contributed by atoms with Gasteiger partial charge in [0.1, 0.15) is 0 Å². The summed E-state index contributed by atoms with van der Waals surface area (Å²) in [6.07, 6.45) is 11.1. The maximum Gasteiger partial charge on any atom is 0.0221 e. The van der Waals surface area contributed by atoms with E-state index < -0.39 is 0 Å². The molecule has 1 heterocycles. The first kappa shape index (κ1) is 18.0. The maximum atomic E-state index is 3.76. The van der Waals surface area contributed by atoms with Crippen LogP contribution in [0.3, 0.4) is 0 Å². The molecule has 1 aliphatic heterocycles. The monoisotopic (exact) mass is 282 g/mol. The zero-order valence-corrected chi connectivity index (χ0v) is 14.5. The lowest BCUT2D eigenvalue weighted by atomic mass is 9.97. The highest BCUT2D eigenvalue weighted by Gasteiger charge is 2.28. The van der Waals surface area contributed by atoms with E-state index in [4.69, 9.17) is 0 Å². The van der Waals surface area contributed by atoms with Gasteiger partial charge in [0.05, 0.1) is 0 Å². The molecule has 1 aliphatic rings. The summed E-state index contributed by atoms with van der Waals surface area (Å²) < 4.78 is 0. The Labute approximate surface area is 127 Å². The summed E-state index contributed by atoms with van der Waals surface area (Å²) in [5.41, 5.74) is 0. The molecule has 1 fully saturated rings. The predicted molar refractivity (Wildman–Crippen MR) is 90.3 cm³/mol. The van der Waals surface area contributed by atoms with Crippen molar-refractivity contribution >= 4 is 0 Å². The van der Waals surface area contributed by atoms with E-state index in [0.717, 1.165) is 12.0 Å². The molecule has 1 rings (SSSR count). The van der Waals surface area contributed by atoms with Gasteiger partial charge in [-0.05, 0) is 25.3 Å². The minimum Gasteiger partial charge on any atom is -0.311 e. The summed E-state index contributed by atoms with van der Waals surface area (Å²) in [4.78, 5) is 2.78. The maximum absolute atomic E-state index is 3.76. The van der Waals surface area contributed by atoms with Gasteiger partial charge < -0.3 is 5.32 Å². The van der Waals surface area contributed by atoms with Crippen LogP contribution in [0.15, 0.2) is 0 Å². The van der Waals surface area contributed by atoms with Crippen LogP contribution in [0.1, 0.15) is 79.1 Å². The lowest BCUT2D eigenvalue weighted by molar-refractivity contribution is 0.105. The van der Waals surface area contributed by atoms with Crippen molar-refractivity contribution in [3.8, 4) is 0 Å². The van der Waals surface area contributed by atoms with Gasteiger partial charge in [0.2, 0.25) is 0 Å². The minimum atomic E-state index is 0.697. The number of nitrogens with zero attached hydrogens (tertiary/aromatic N) is 1. The van der Waals surface area contributed by atoms with Crippen molar-refractivity contribution in [3.05, 3.63) is 0 Å². The van der Waals surface area contributed by atoms with Gasteiger partial charge in [-0.15, -0.1) is 0 Å². The molecule has 120 valence electrons. The van der Waals surface area contributed by atoms with E-state index in [0.29, 0.717) is 6.04 Å². The van der Waals surface area contributed by atoms with Crippen molar-refractivity contribution < 1.29 is 0 Å². The van der Waals surface area contributed by atoms with Crippen molar-refractivity contribution in [2.24, 2.45) is 5.92 Å². The van der Waals surface area contributed by atoms with Gasteiger partial charge in [0.25, 0.3) is 0 Å². The van der Waals surface area contributed by atoms with Gasteiger partial charge in [-0.1, -0.05) is 66.2 Å². The second-order valence-electron chi connectivity index (χ2n) is 6.96. The topological polar surface area (TPSA) is 15.3 Å². The third-order valence-corrected chi connectivity index (χ3v) is 4.79. The van der Waals surface area contributed by atoms with Crippen LogP contribution in [0, 0.1) is 5.92 Å². The number of rotatable bonds is 10. The van der Waals surface area contributed by atoms with E-state index in [-0.39, 0.29) is 0 Å². The Kier molecular flexibility index (Phi) is 9.54. The summed E-state index contributed by atoms with van der Waals surface area (Å²) in [5.74, 6) is 0.754. The van der Waals surface area contributed by atoms with E-state index in [1.807, 2.05) is 0 Å². The van der Waals surface area contributed by atoms with Gasteiger partial charge in [-0.3, -0.25) is 4.90 Å². The summed E-state index contributed by atoms with van der Waals surface area (Å²) in [6, 6.07) is 1.48. The molecule has 1 saturated heterocycles. The molecule has 0 saturated carbocycles. The first-order valence-electron chi connectivity index (χ1n) is 9.16. The third kappa shape index (κ3) is 6.58. The Balaban J connectivity index is 2.28. The van der Waals surface area contributed by atoms with E-state index in [2.05, 4.69) is 37.9 Å². The van der Waals surface area contributed by atoms with Gasteiger partial charge in [-0.25, -0.2) is 0 Å². The molecular weight excluding hydrogens is 244 g/mol. The van der Waals surface area contributed by atoms with Crippen LogP contribution in [0.5, 0.6) is 0 Å².